The smallest absolute Gasteiger partial charge is 0.0120 e. The first-order chi connectivity index (χ1) is 5.88. The van der Waals surface area contributed by atoms with Crippen LogP contribution in [0.3, 0.4) is 0 Å². The van der Waals surface area contributed by atoms with E-state index in [0.29, 0.717) is 0 Å². The van der Waals surface area contributed by atoms with E-state index in [-0.39, 0.29) is 0 Å². The van der Waals surface area contributed by atoms with Gasteiger partial charge in [0.25, 0.3) is 0 Å². The molecule has 12 heavy (non-hydrogen) atoms. The van der Waals surface area contributed by atoms with E-state index in [2.05, 4.69) is 17.1 Å². The summed E-state index contributed by atoms with van der Waals surface area (Å²) in [5, 5.41) is 3.38. The Morgan fingerprint density at radius 1 is 1.42 bits per heavy atom. The van der Waals surface area contributed by atoms with Crippen LogP contribution in [0.1, 0.15) is 19.8 Å². The Bertz CT molecular complexity index is 108. The number of hydrogen-bond acceptors (Lipinski definition) is 3. The van der Waals surface area contributed by atoms with Gasteiger partial charge in [0.1, 0.15) is 0 Å². The largest absolute Gasteiger partial charge is 0.329 e. The normalized spacial score (nSPS) is 20.2. The fourth-order valence-corrected chi connectivity index (χ4v) is 1.94. The molecule has 1 aliphatic heterocycles. The third-order valence-corrected chi connectivity index (χ3v) is 2.65. The predicted octanol–water partition coefficient (Wildman–Crippen LogP) is 0.0190. The van der Waals surface area contributed by atoms with Gasteiger partial charge in [0.15, 0.2) is 0 Å². The molecule has 3 N–H and O–H groups in total. The molecule has 1 heterocycles. The van der Waals surface area contributed by atoms with E-state index >= 15 is 0 Å². The van der Waals surface area contributed by atoms with Gasteiger partial charge in [-0.3, -0.25) is 4.90 Å². The molecule has 0 atom stereocenters. The van der Waals surface area contributed by atoms with Gasteiger partial charge in [-0.25, -0.2) is 0 Å². The minimum atomic E-state index is 0.778. The Morgan fingerprint density at radius 3 is 2.58 bits per heavy atom. The summed E-state index contributed by atoms with van der Waals surface area (Å²) < 4.78 is 0. The summed E-state index contributed by atoms with van der Waals surface area (Å²) in [6.45, 7) is 7.55. The Hall–Kier alpha value is -0.120. The average molecular weight is 171 g/mol. The number of hydrogen-bond donors (Lipinski definition) is 2. The molecular weight excluding hydrogens is 150 g/mol. The lowest BCUT2D eigenvalue weighted by atomic mass is 10.1. The average Bonchev–Trinajstić information content (AvgIpc) is 2.15. The molecule has 3 heteroatoms. The van der Waals surface area contributed by atoms with Crippen LogP contribution in [0.15, 0.2) is 0 Å². The Balaban J connectivity index is 2.29. The molecule has 0 spiro atoms. The van der Waals surface area contributed by atoms with Crippen molar-refractivity contribution in [2.75, 3.05) is 32.7 Å². The van der Waals surface area contributed by atoms with Crippen molar-refractivity contribution in [3.8, 4) is 0 Å². The van der Waals surface area contributed by atoms with Gasteiger partial charge in [-0.15, -0.1) is 0 Å². The SMILES string of the molecule is CCN(CCN)C1CCNCC1. The van der Waals surface area contributed by atoms with Crippen LogP contribution in [0.2, 0.25) is 0 Å². The highest BCUT2D eigenvalue weighted by Crippen LogP contribution is 2.10. The van der Waals surface area contributed by atoms with Crippen LogP contribution in [0, 0.1) is 0 Å². The summed E-state index contributed by atoms with van der Waals surface area (Å²) in [4.78, 5) is 2.50. The van der Waals surface area contributed by atoms with Gasteiger partial charge in [0.05, 0.1) is 0 Å². The summed E-state index contributed by atoms with van der Waals surface area (Å²) >= 11 is 0. The van der Waals surface area contributed by atoms with Crippen molar-refractivity contribution in [2.45, 2.75) is 25.8 Å². The Morgan fingerprint density at radius 2 is 2.08 bits per heavy atom. The van der Waals surface area contributed by atoms with Crippen LogP contribution in [0.4, 0.5) is 0 Å². The first-order valence-corrected chi connectivity index (χ1v) is 5.03. The third-order valence-electron chi connectivity index (χ3n) is 2.65. The van der Waals surface area contributed by atoms with Crippen molar-refractivity contribution in [1.82, 2.24) is 10.2 Å². The summed E-state index contributed by atoms with van der Waals surface area (Å²) in [7, 11) is 0. The van der Waals surface area contributed by atoms with Crippen molar-refractivity contribution in [3.05, 3.63) is 0 Å². The van der Waals surface area contributed by atoms with Gasteiger partial charge in [0.2, 0.25) is 0 Å². The first kappa shape index (κ1) is 9.96. The standard InChI is InChI=1S/C9H21N3/c1-2-12(8-5-10)9-3-6-11-7-4-9/h9,11H,2-8,10H2,1H3. The van der Waals surface area contributed by atoms with Crippen LogP contribution in [-0.2, 0) is 0 Å². The van der Waals surface area contributed by atoms with Gasteiger partial charge in [-0.1, -0.05) is 6.92 Å². The summed E-state index contributed by atoms with van der Waals surface area (Å²) in [6.07, 6.45) is 2.57. The van der Waals surface area contributed by atoms with Crippen LogP contribution < -0.4 is 11.1 Å². The first-order valence-electron chi connectivity index (χ1n) is 5.03. The fourth-order valence-electron chi connectivity index (χ4n) is 1.94. The molecule has 0 aromatic heterocycles. The van der Waals surface area contributed by atoms with E-state index in [1.807, 2.05) is 0 Å². The van der Waals surface area contributed by atoms with E-state index < -0.39 is 0 Å². The van der Waals surface area contributed by atoms with E-state index in [1.54, 1.807) is 0 Å². The zero-order chi connectivity index (χ0) is 8.81. The van der Waals surface area contributed by atoms with Crippen LogP contribution in [0.25, 0.3) is 0 Å². The lowest BCUT2D eigenvalue weighted by molar-refractivity contribution is 0.175. The summed E-state index contributed by atoms with van der Waals surface area (Å²) in [5.74, 6) is 0. The minimum Gasteiger partial charge on any atom is -0.329 e. The molecule has 1 saturated heterocycles. The maximum Gasteiger partial charge on any atom is 0.0120 e. The number of rotatable bonds is 4. The molecule has 0 aromatic rings. The van der Waals surface area contributed by atoms with Crippen molar-refractivity contribution < 1.29 is 0 Å². The van der Waals surface area contributed by atoms with E-state index in [9.17, 15) is 0 Å². The molecule has 0 unspecified atom stereocenters. The molecule has 1 fully saturated rings. The highest BCUT2D eigenvalue weighted by molar-refractivity contribution is 4.77. The van der Waals surface area contributed by atoms with Crippen LogP contribution in [-0.4, -0.2) is 43.7 Å². The zero-order valence-corrected chi connectivity index (χ0v) is 8.05. The van der Waals surface area contributed by atoms with Crippen LogP contribution >= 0.6 is 0 Å². The Labute approximate surface area is 75.3 Å². The number of piperidine rings is 1. The third kappa shape index (κ3) is 2.73. The van der Waals surface area contributed by atoms with Crippen molar-refractivity contribution in [3.63, 3.8) is 0 Å². The van der Waals surface area contributed by atoms with Gasteiger partial charge in [0, 0.05) is 19.1 Å². The lowest BCUT2D eigenvalue weighted by Crippen LogP contribution is -2.44. The van der Waals surface area contributed by atoms with E-state index in [1.165, 1.54) is 25.9 Å². The van der Waals surface area contributed by atoms with Gasteiger partial charge in [-0.05, 0) is 32.5 Å². The number of nitrogens with zero attached hydrogens (tertiary/aromatic N) is 1. The molecule has 0 radical (unpaired) electrons. The second kappa shape index (κ2) is 5.51. The molecule has 0 amide bonds. The summed E-state index contributed by atoms with van der Waals surface area (Å²) in [5.41, 5.74) is 5.55. The number of likely N-dealkylation sites (N-methyl/N-ethyl adjacent to an activating group) is 1. The highest BCUT2D eigenvalue weighted by Gasteiger charge is 2.18. The highest BCUT2D eigenvalue weighted by atomic mass is 15.2. The molecular formula is C9H21N3. The van der Waals surface area contributed by atoms with Crippen LogP contribution in [0.5, 0.6) is 0 Å². The molecule has 0 aromatic carbocycles. The second-order valence-corrected chi connectivity index (χ2v) is 3.40. The van der Waals surface area contributed by atoms with Gasteiger partial charge in [-0.2, -0.15) is 0 Å². The molecule has 0 saturated carbocycles. The molecule has 1 rings (SSSR count). The lowest BCUT2D eigenvalue weighted by Gasteiger charge is -2.33. The molecule has 0 bridgehead atoms. The molecule has 72 valence electrons. The van der Waals surface area contributed by atoms with Gasteiger partial charge < -0.3 is 11.1 Å². The molecule has 0 aliphatic carbocycles. The molecule has 1 aliphatic rings. The maximum absolute atomic E-state index is 5.55. The monoisotopic (exact) mass is 171 g/mol. The van der Waals surface area contributed by atoms with Gasteiger partial charge >= 0.3 is 0 Å². The maximum atomic E-state index is 5.55. The van der Waals surface area contributed by atoms with E-state index in [0.717, 1.165) is 25.7 Å². The summed E-state index contributed by atoms with van der Waals surface area (Å²) in [6, 6.07) is 0.778. The minimum absolute atomic E-state index is 0.778. The second-order valence-electron chi connectivity index (χ2n) is 3.40. The zero-order valence-electron chi connectivity index (χ0n) is 8.05. The van der Waals surface area contributed by atoms with E-state index in [4.69, 9.17) is 5.73 Å². The van der Waals surface area contributed by atoms with Crippen molar-refractivity contribution in [1.29, 1.82) is 0 Å². The predicted molar refractivity (Wildman–Crippen MR) is 52.2 cm³/mol. The quantitative estimate of drug-likeness (QED) is 0.626. The number of nitrogens with two attached hydrogens (primary N) is 1. The Kier molecular flexibility index (Phi) is 4.58. The molecule has 3 nitrogen and oxygen atoms in total. The van der Waals surface area contributed by atoms with Crippen molar-refractivity contribution in [2.24, 2.45) is 5.73 Å². The fraction of sp³-hybridized carbons (Fsp3) is 1.00. The topological polar surface area (TPSA) is 41.3 Å². The number of nitrogens with one attached hydrogen (secondary N) is 1. The van der Waals surface area contributed by atoms with Crippen molar-refractivity contribution >= 4 is 0 Å².